The number of hydrogen-bond donors (Lipinski definition) is 0. The Bertz CT molecular complexity index is 902. The van der Waals surface area contributed by atoms with Gasteiger partial charge >= 0.3 is 0 Å². The molecule has 0 unspecified atom stereocenters. The Labute approximate surface area is 181 Å². The lowest BCUT2D eigenvalue weighted by molar-refractivity contribution is -0.137. The SMILES string of the molecule is CC(=O)c1ccc(N2CCN(C(=O)[C@@H]3CCCCN3C(=O)c3cccs3)CC2)cc1. The van der Waals surface area contributed by atoms with E-state index in [1.807, 2.05) is 46.7 Å². The van der Waals surface area contributed by atoms with Gasteiger partial charge in [-0.2, -0.15) is 0 Å². The van der Waals surface area contributed by atoms with Crippen LogP contribution in [0, 0.1) is 0 Å². The van der Waals surface area contributed by atoms with Gasteiger partial charge in [0.1, 0.15) is 6.04 Å². The third kappa shape index (κ3) is 4.26. The van der Waals surface area contributed by atoms with Crippen molar-refractivity contribution < 1.29 is 14.4 Å². The van der Waals surface area contributed by atoms with Crippen LogP contribution in [-0.4, -0.2) is 66.2 Å². The molecule has 0 aliphatic carbocycles. The molecule has 0 bridgehead atoms. The number of amides is 2. The molecule has 0 radical (unpaired) electrons. The maximum absolute atomic E-state index is 13.3. The minimum absolute atomic E-state index is 0.0211. The molecule has 1 aromatic heterocycles. The number of thiophene rings is 1. The molecule has 6 nitrogen and oxygen atoms in total. The third-order valence-electron chi connectivity index (χ3n) is 6.01. The van der Waals surface area contributed by atoms with Gasteiger partial charge in [0.2, 0.25) is 5.91 Å². The van der Waals surface area contributed by atoms with E-state index in [-0.39, 0.29) is 23.6 Å². The molecule has 1 atom stereocenters. The second-order valence-corrected chi connectivity index (χ2v) is 8.85. The average molecular weight is 426 g/mol. The van der Waals surface area contributed by atoms with Crippen LogP contribution in [-0.2, 0) is 4.79 Å². The van der Waals surface area contributed by atoms with Crippen LogP contribution in [0.1, 0.15) is 46.2 Å². The number of piperidine rings is 1. The van der Waals surface area contributed by atoms with E-state index in [4.69, 9.17) is 0 Å². The highest BCUT2D eigenvalue weighted by molar-refractivity contribution is 7.12. The molecule has 2 amide bonds. The van der Waals surface area contributed by atoms with Gasteiger partial charge in [-0.05, 0) is 61.9 Å². The lowest BCUT2D eigenvalue weighted by Crippen LogP contribution is -2.57. The van der Waals surface area contributed by atoms with Gasteiger partial charge in [-0.1, -0.05) is 6.07 Å². The Kier molecular flexibility index (Phi) is 6.18. The number of piperazine rings is 1. The number of carbonyl (C=O) groups is 3. The Morgan fingerprint density at radius 1 is 0.933 bits per heavy atom. The molecule has 0 N–H and O–H groups in total. The van der Waals surface area contributed by atoms with Crippen LogP contribution < -0.4 is 4.90 Å². The van der Waals surface area contributed by atoms with Crippen molar-refractivity contribution >= 4 is 34.6 Å². The first kappa shape index (κ1) is 20.6. The normalized spacial score (nSPS) is 19.6. The van der Waals surface area contributed by atoms with Gasteiger partial charge in [-0.25, -0.2) is 0 Å². The van der Waals surface area contributed by atoms with Crippen molar-refractivity contribution in [2.75, 3.05) is 37.6 Å². The molecule has 2 aliphatic rings. The average Bonchev–Trinajstić information content (AvgIpc) is 3.33. The molecule has 1 aromatic carbocycles. The largest absolute Gasteiger partial charge is 0.368 e. The Balaban J connectivity index is 1.39. The quantitative estimate of drug-likeness (QED) is 0.706. The van der Waals surface area contributed by atoms with Crippen LogP contribution in [0.15, 0.2) is 41.8 Å². The lowest BCUT2D eigenvalue weighted by atomic mass is 10.00. The summed E-state index contributed by atoms with van der Waals surface area (Å²) in [6.45, 7) is 5.00. The van der Waals surface area contributed by atoms with Crippen molar-refractivity contribution in [3.8, 4) is 0 Å². The fraction of sp³-hybridized carbons (Fsp3) is 0.435. The van der Waals surface area contributed by atoms with Crippen LogP contribution >= 0.6 is 11.3 Å². The summed E-state index contributed by atoms with van der Waals surface area (Å²) in [7, 11) is 0. The first-order valence-electron chi connectivity index (χ1n) is 10.5. The molecule has 158 valence electrons. The third-order valence-corrected chi connectivity index (χ3v) is 6.87. The zero-order chi connectivity index (χ0) is 21.1. The fourth-order valence-corrected chi connectivity index (χ4v) is 4.95. The number of anilines is 1. The Morgan fingerprint density at radius 3 is 2.30 bits per heavy atom. The molecule has 2 fully saturated rings. The molecule has 0 spiro atoms. The molecule has 2 aliphatic heterocycles. The van der Waals surface area contributed by atoms with Crippen molar-refractivity contribution in [2.45, 2.75) is 32.2 Å². The van der Waals surface area contributed by atoms with Crippen LogP contribution in [0.5, 0.6) is 0 Å². The molecule has 2 aromatic rings. The van der Waals surface area contributed by atoms with E-state index in [1.54, 1.807) is 11.8 Å². The first-order valence-corrected chi connectivity index (χ1v) is 11.4. The van der Waals surface area contributed by atoms with E-state index in [2.05, 4.69) is 4.90 Å². The number of likely N-dealkylation sites (tertiary alicyclic amines) is 1. The topological polar surface area (TPSA) is 60.9 Å². The predicted molar refractivity (Wildman–Crippen MR) is 118 cm³/mol. The highest BCUT2D eigenvalue weighted by Gasteiger charge is 2.36. The molecular weight excluding hydrogens is 398 g/mol. The van der Waals surface area contributed by atoms with E-state index < -0.39 is 0 Å². The van der Waals surface area contributed by atoms with E-state index in [1.165, 1.54) is 11.3 Å². The molecule has 3 heterocycles. The van der Waals surface area contributed by atoms with Crippen molar-refractivity contribution in [3.05, 3.63) is 52.2 Å². The van der Waals surface area contributed by atoms with Crippen molar-refractivity contribution in [2.24, 2.45) is 0 Å². The Morgan fingerprint density at radius 2 is 1.67 bits per heavy atom. The molecule has 0 saturated carbocycles. The van der Waals surface area contributed by atoms with Crippen LogP contribution in [0.2, 0.25) is 0 Å². The number of hydrogen-bond acceptors (Lipinski definition) is 5. The lowest BCUT2D eigenvalue weighted by Gasteiger charge is -2.41. The van der Waals surface area contributed by atoms with Gasteiger partial charge in [0.15, 0.2) is 5.78 Å². The molecule has 7 heteroatoms. The summed E-state index contributed by atoms with van der Waals surface area (Å²) < 4.78 is 0. The molecular formula is C23H27N3O3S. The van der Waals surface area contributed by atoms with Gasteiger partial charge < -0.3 is 14.7 Å². The number of carbonyl (C=O) groups excluding carboxylic acids is 3. The van der Waals surface area contributed by atoms with Crippen molar-refractivity contribution in [3.63, 3.8) is 0 Å². The van der Waals surface area contributed by atoms with E-state index in [0.717, 1.165) is 38.0 Å². The van der Waals surface area contributed by atoms with Crippen LogP contribution in [0.4, 0.5) is 5.69 Å². The van der Waals surface area contributed by atoms with E-state index >= 15 is 0 Å². The summed E-state index contributed by atoms with van der Waals surface area (Å²) in [5, 5.41) is 1.90. The number of Topliss-reactive ketones (excluding diaryl/α,β-unsaturated/α-hetero) is 1. The highest BCUT2D eigenvalue weighted by Crippen LogP contribution is 2.24. The van der Waals surface area contributed by atoms with Gasteiger partial charge in [0.25, 0.3) is 5.91 Å². The molecule has 2 saturated heterocycles. The maximum Gasteiger partial charge on any atom is 0.264 e. The fourth-order valence-electron chi connectivity index (χ4n) is 4.28. The van der Waals surface area contributed by atoms with Crippen molar-refractivity contribution in [1.29, 1.82) is 0 Å². The highest BCUT2D eigenvalue weighted by atomic mass is 32.1. The maximum atomic E-state index is 13.3. The predicted octanol–water partition coefficient (Wildman–Crippen LogP) is 3.29. The minimum atomic E-state index is -0.352. The zero-order valence-corrected chi connectivity index (χ0v) is 18.1. The monoisotopic (exact) mass is 425 g/mol. The number of nitrogens with zero attached hydrogens (tertiary/aromatic N) is 3. The number of rotatable bonds is 4. The van der Waals surface area contributed by atoms with Crippen molar-refractivity contribution in [1.82, 2.24) is 9.80 Å². The number of benzene rings is 1. The molecule has 30 heavy (non-hydrogen) atoms. The van der Waals surface area contributed by atoms with Gasteiger partial charge in [0.05, 0.1) is 4.88 Å². The standard InChI is InChI=1S/C23H27N3O3S/c1-17(27)18-7-9-19(10-8-18)24-12-14-25(15-13-24)22(28)20-5-2-3-11-26(20)23(29)21-6-4-16-30-21/h4,6-10,16,20H,2-3,5,11-15H2,1H3/t20-/m0/s1. The zero-order valence-electron chi connectivity index (χ0n) is 17.3. The van der Waals surface area contributed by atoms with Gasteiger partial charge in [0, 0.05) is 44.0 Å². The van der Waals surface area contributed by atoms with Crippen LogP contribution in [0.3, 0.4) is 0 Å². The first-order chi connectivity index (χ1) is 14.5. The molecule has 4 rings (SSSR count). The second-order valence-electron chi connectivity index (χ2n) is 7.90. The summed E-state index contributed by atoms with van der Waals surface area (Å²) in [4.78, 5) is 44.3. The van der Waals surface area contributed by atoms with E-state index in [0.29, 0.717) is 30.1 Å². The Hall–Kier alpha value is -2.67. The van der Waals surface area contributed by atoms with Crippen LogP contribution in [0.25, 0.3) is 0 Å². The van der Waals surface area contributed by atoms with Gasteiger partial charge in [-0.3, -0.25) is 14.4 Å². The minimum Gasteiger partial charge on any atom is -0.368 e. The summed E-state index contributed by atoms with van der Waals surface area (Å²) in [5.74, 6) is 0.115. The summed E-state index contributed by atoms with van der Waals surface area (Å²) in [6, 6.07) is 11.0. The summed E-state index contributed by atoms with van der Waals surface area (Å²) >= 11 is 1.43. The van der Waals surface area contributed by atoms with E-state index in [9.17, 15) is 14.4 Å². The number of ketones is 1. The van der Waals surface area contributed by atoms with Gasteiger partial charge in [-0.15, -0.1) is 11.3 Å². The summed E-state index contributed by atoms with van der Waals surface area (Å²) in [5.41, 5.74) is 1.78. The second kappa shape index (κ2) is 9.00. The summed E-state index contributed by atoms with van der Waals surface area (Å²) in [6.07, 6.45) is 2.67. The smallest absolute Gasteiger partial charge is 0.264 e.